The molecule has 7 nitrogen and oxygen atoms in total. The van der Waals surface area contributed by atoms with Crippen molar-refractivity contribution in [3.05, 3.63) is 59.7 Å². The first kappa shape index (κ1) is 24.5. The number of nitrogens with zero attached hydrogens (tertiary/aromatic N) is 1. The Bertz CT molecular complexity index is 776. The fourth-order valence-corrected chi connectivity index (χ4v) is 2.89. The van der Waals surface area contributed by atoms with Gasteiger partial charge in [0.15, 0.2) is 5.96 Å². The van der Waals surface area contributed by atoms with Gasteiger partial charge in [-0.2, -0.15) is 0 Å². The van der Waals surface area contributed by atoms with E-state index >= 15 is 0 Å². The summed E-state index contributed by atoms with van der Waals surface area (Å²) < 4.78 is 10.7. The highest BCUT2D eigenvalue weighted by Gasteiger charge is 2.09. The van der Waals surface area contributed by atoms with Gasteiger partial charge in [0.25, 0.3) is 0 Å². The van der Waals surface area contributed by atoms with Crippen molar-refractivity contribution < 1.29 is 14.6 Å². The minimum Gasteiger partial charge on any atom is -0.491 e. The number of aliphatic hydroxyl groups excluding tert-OH is 1. The predicted molar refractivity (Wildman–Crippen MR) is 127 cm³/mol. The number of benzene rings is 2. The molecular weight excluding hydrogens is 392 g/mol. The van der Waals surface area contributed by atoms with Crippen LogP contribution in [0.3, 0.4) is 0 Å². The lowest BCUT2D eigenvalue weighted by molar-refractivity contribution is 0.180. The molecule has 0 radical (unpaired) electrons. The Morgan fingerprint density at radius 3 is 2.35 bits per heavy atom. The lowest BCUT2D eigenvalue weighted by atomic mass is 10.1. The van der Waals surface area contributed by atoms with Crippen LogP contribution in [0.2, 0.25) is 0 Å². The van der Waals surface area contributed by atoms with Crippen LogP contribution in [-0.4, -0.2) is 50.5 Å². The van der Waals surface area contributed by atoms with Crippen LogP contribution in [0.15, 0.2) is 53.5 Å². The van der Waals surface area contributed by atoms with Gasteiger partial charge in [-0.05, 0) is 56.2 Å². The zero-order valence-corrected chi connectivity index (χ0v) is 19.0. The summed E-state index contributed by atoms with van der Waals surface area (Å²) in [6, 6.07) is 15.7. The quantitative estimate of drug-likeness (QED) is 0.236. The largest absolute Gasteiger partial charge is 0.491 e. The van der Waals surface area contributed by atoms with E-state index in [2.05, 4.69) is 33.1 Å². The number of guanidine groups is 1. The Hall–Kier alpha value is -2.77. The van der Waals surface area contributed by atoms with Gasteiger partial charge in [0.05, 0.1) is 25.4 Å². The van der Waals surface area contributed by atoms with Crippen molar-refractivity contribution in [2.45, 2.75) is 39.5 Å². The Labute approximate surface area is 185 Å². The molecular formula is C24H36N4O3. The summed E-state index contributed by atoms with van der Waals surface area (Å²) in [5.41, 5.74) is 2.99. The van der Waals surface area contributed by atoms with E-state index < -0.39 is 6.10 Å². The van der Waals surface area contributed by atoms with Crippen LogP contribution < -0.4 is 20.7 Å². The third-order valence-electron chi connectivity index (χ3n) is 4.45. The number of anilines is 1. The Morgan fingerprint density at radius 1 is 1.03 bits per heavy atom. The van der Waals surface area contributed by atoms with Gasteiger partial charge in [-0.3, -0.25) is 0 Å². The highest BCUT2D eigenvalue weighted by Crippen LogP contribution is 2.18. The summed E-state index contributed by atoms with van der Waals surface area (Å²) in [4.78, 5) is 4.62. The number of aliphatic imine (C=N–C) groups is 1. The van der Waals surface area contributed by atoms with E-state index in [0.717, 1.165) is 35.7 Å². The topological polar surface area (TPSA) is 87.1 Å². The highest BCUT2D eigenvalue weighted by molar-refractivity contribution is 5.79. The average Bonchev–Trinajstić information content (AvgIpc) is 2.76. The third-order valence-corrected chi connectivity index (χ3v) is 4.45. The van der Waals surface area contributed by atoms with E-state index in [9.17, 15) is 5.11 Å². The van der Waals surface area contributed by atoms with Gasteiger partial charge in [0, 0.05) is 32.4 Å². The minimum atomic E-state index is -0.644. The summed E-state index contributed by atoms with van der Waals surface area (Å²) in [7, 11) is 1.69. The Morgan fingerprint density at radius 2 is 1.74 bits per heavy atom. The molecule has 1 unspecified atom stereocenters. The highest BCUT2D eigenvalue weighted by atomic mass is 16.5. The van der Waals surface area contributed by atoms with E-state index in [1.54, 1.807) is 7.11 Å². The van der Waals surface area contributed by atoms with E-state index in [1.807, 2.05) is 57.2 Å². The molecule has 0 saturated heterocycles. The second-order valence-electron chi connectivity index (χ2n) is 7.44. The summed E-state index contributed by atoms with van der Waals surface area (Å²) in [6.45, 7) is 9.09. The zero-order chi connectivity index (χ0) is 22.5. The molecule has 170 valence electrons. The Kier molecular flexibility index (Phi) is 10.7. The summed E-state index contributed by atoms with van der Waals surface area (Å²) in [5, 5.41) is 20.2. The molecule has 0 saturated carbocycles. The molecule has 31 heavy (non-hydrogen) atoms. The van der Waals surface area contributed by atoms with Crippen molar-refractivity contribution in [2.24, 2.45) is 4.99 Å². The SMILES string of the molecule is CCNC(=NCc1ccc(NCCOC)cc1)NCC(O)c1ccc(OC(C)C)cc1. The first-order valence-electron chi connectivity index (χ1n) is 10.8. The summed E-state index contributed by atoms with van der Waals surface area (Å²) in [5.74, 6) is 1.47. The number of aliphatic hydroxyl groups is 1. The molecule has 2 aromatic rings. The Balaban J connectivity index is 1.87. The van der Waals surface area contributed by atoms with Gasteiger partial charge < -0.3 is 30.5 Å². The van der Waals surface area contributed by atoms with Crippen LogP contribution in [0.25, 0.3) is 0 Å². The van der Waals surface area contributed by atoms with Gasteiger partial charge in [-0.1, -0.05) is 24.3 Å². The predicted octanol–water partition coefficient (Wildman–Crippen LogP) is 3.32. The molecule has 2 rings (SSSR count). The van der Waals surface area contributed by atoms with Crippen LogP contribution in [0.4, 0.5) is 5.69 Å². The maximum atomic E-state index is 10.5. The molecule has 0 fully saturated rings. The van der Waals surface area contributed by atoms with E-state index in [-0.39, 0.29) is 6.10 Å². The van der Waals surface area contributed by atoms with Crippen LogP contribution in [0.5, 0.6) is 5.75 Å². The molecule has 2 aromatic carbocycles. The number of hydrogen-bond donors (Lipinski definition) is 4. The molecule has 0 aliphatic carbocycles. The van der Waals surface area contributed by atoms with E-state index in [4.69, 9.17) is 9.47 Å². The third kappa shape index (κ3) is 9.27. The standard InChI is InChI=1S/C24H36N4O3/c1-5-25-24(27-16-19-6-10-21(11-7-19)26-14-15-30-4)28-17-23(29)20-8-12-22(13-9-20)31-18(2)3/h6-13,18,23,26,29H,5,14-17H2,1-4H3,(H2,25,27,28). The molecule has 0 aromatic heterocycles. The summed E-state index contributed by atoms with van der Waals surface area (Å²) in [6.07, 6.45) is -0.520. The second-order valence-corrected chi connectivity index (χ2v) is 7.44. The molecule has 0 heterocycles. The first-order chi connectivity index (χ1) is 15.0. The lowest BCUT2D eigenvalue weighted by Gasteiger charge is -2.16. The second kappa shape index (κ2) is 13.5. The number of rotatable bonds is 12. The molecule has 0 spiro atoms. The fraction of sp³-hybridized carbons (Fsp3) is 0.458. The lowest BCUT2D eigenvalue weighted by Crippen LogP contribution is -2.39. The van der Waals surface area contributed by atoms with Gasteiger partial charge in [0.2, 0.25) is 0 Å². The maximum absolute atomic E-state index is 10.5. The number of ether oxygens (including phenoxy) is 2. The van der Waals surface area contributed by atoms with Crippen LogP contribution in [-0.2, 0) is 11.3 Å². The van der Waals surface area contributed by atoms with Crippen molar-refractivity contribution in [1.82, 2.24) is 10.6 Å². The van der Waals surface area contributed by atoms with Crippen molar-refractivity contribution in [3.8, 4) is 5.75 Å². The van der Waals surface area contributed by atoms with Gasteiger partial charge in [0.1, 0.15) is 5.75 Å². The monoisotopic (exact) mass is 428 g/mol. The molecule has 0 aliphatic heterocycles. The molecule has 0 aliphatic rings. The van der Waals surface area contributed by atoms with Crippen LogP contribution in [0.1, 0.15) is 38.0 Å². The van der Waals surface area contributed by atoms with E-state index in [1.165, 1.54) is 0 Å². The first-order valence-corrected chi connectivity index (χ1v) is 10.8. The van der Waals surface area contributed by atoms with Gasteiger partial charge in [-0.25, -0.2) is 4.99 Å². The molecule has 0 bridgehead atoms. The minimum absolute atomic E-state index is 0.124. The number of hydrogen-bond acceptors (Lipinski definition) is 5. The molecule has 4 N–H and O–H groups in total. The van der Waals surface area contributed by atoms with Crippen LogP contribution in [0, 0.1) is 0 Å². The van der Waals surface area contributed by atoms with Crippen LogP contribution >= 0.6 is 0 Å². The molecule has 0 amide bonds. The van der Waals surface area contributed by atoms with Gasteiger partial charge in [-0.15, -0.1) is 0 Å². The maximum Gasteiger partial charge on any atom is 0.191 e. The smallest absolute Gasteiger partial charge is 0.191 e. The van der Waals surface area contributed by atoms with Crippen molar-refractivity contribution in [3.63, 3.8) is 0 Å². The normalized spacial score (nSPS) is 12.5. The summed E-state index contributed by atoms with van der Waals surface area (Å²) >= 11 is 0. The van der Waals surface area contributed by atoms with E-state index in [0.29, 0.717) is 25.7 Å². The zero-order valence-electron chi connectivity index (χ0n) is 19.0. The molecule has 7 heteroatoms. The fourth-order valence-electron chi connectivity index (χ4n) is 2.89. The van der Waals surface area contributed by atoms with Crippen molar-refractivity contribution >= 4 is 11.6 Å². The average molecular weight is 429 g/mol. The number of nitrogens with one attached hydrogen (secondary N) is 3. The van der Waals surface area contributed by atoms with Gasteiger partial charge >= 0.3 is 0 Å². The molecule has 1 atom stereocenters. The van der Waals surface area contributed by atoms with Crippen molar-refractivity contribution in [2.75, 3.05) is 38.7 Å². The number of methoxy groups -OCH3 is 1. The van der Waals surface area contributed by atoms with Crippen molar-refractivity contribution in [1.29, 1.82) is 0 Å².